The number of rotatable bonds is 2. The van der Waals surface area contributed by atoms with Crippen molar-refractivity contribution >= 4 is 27.9 Å². The van der Waals surface area contributed by atoms with Crippen LogP contribution >= 0.6 is 15.9 Å². The van der Waals surface area contributed by atoms with Crippen LogP contribution in [0.4, 0.5) is 0 Å². The summed E-state index contributed by atoms with van der Waals surface area (Å²) in [6.45, 7) is 5.66. The van der Waals surface area contributed by atoms with Gasteiger partial charge in [-0.1, -0.05) is 22.9 Å². The molecule has 0 aliphatic carbocycles. The van der Waals surface area contributed by atoms with Gasteiger partial charge >= 0.3 is 11.9 Å². The Kier molecular flexibility index (Phi) is 4.13. The fraction of sp³-hybridized carbons (Fsp3) is 0.800. The third-order valence-electron chi connectivity index (χ3n) is 2.62. The summed E-state index contributed by atoms with van der Waals surface area (Å²) in [7, 11) is 0. The van der Waals surface area contributed by atoms with Crippen LogP contribution in [-0.4, -0.2) is 29.5 Å². The summed E-state index contributed by atoms with van der Waals surface area (Å²) >= 11 is 3.22. The van der Waals surface area contributed by atoms with Gasteiger partial charge in [0.1, 0.15) is 10.9 Å². The van der Waals surface area contributed by atoms with Gasteiger partial charge in [0.2, 0.25) is 0 Å². The average molecular weight is 279 g/mol. The fourth-order valence-electron chi connectivity index (χ4n) is 1.79. The highest BCUT2D eigenvalue weighted by atomic mass is 79.9. The Hall–Kier alpha value is -0.580. The van der Waals surface area contributed by atoms with Gasteiger partial charge in [-0.25, -0.2) is 0 Å². The molecule has 0 unspecified atom stereocenters. The van der Waals surface area contributed by atoms with E-state index in [9.17, 15) is 9.59 Å². The van der Waals surface area contributed by atoms with Crippen LogP contribution in [0, 0.1) is 11.8 Å². The molecule has 0 amide bonds. The number of hydrogen-bond acceptors (Lipinski definition) is 4. The van der Waals surface area contributed by atoms with Crippen molar-refractivity contribution in [2.24, 2.45) is 11.8 Å². The standard InChI is InChI=1S/C10H15BrO4/c1-4-14-9(12)7-5(2)8(11)10(13)15-6(7)3/h5-8H,4H2,1-3H3/t5-,6+,7+,8-/m0/s1. The van der Waals surface area contributed by atoms with Crippen LogP contribution in [0.1, 0.15) is 20.8 Å². The Bertz CT molecular complexity index is 266. The van der Waals surface area contributed by atoms with Crippen molar-refractivity contribution in [2.45, 2.75) is 31.7 Å². The third kappa shape index (κ3) is 2.51. The number of ether oxygens (including phenoxy) is 2. The summed E-state index contributed by atoms with van der Waals surface area (Å²) in [5.74, 6) is -1.10. The Balaban J connectivity index is 2.78. The van der Waals surface area contributed by atoms with Crippen molar-refractivity contribution in [1.82, 2.24) is 0 Å². The first-order valence-corrected chi connectivity index (χ1v) is 5.91. The van der Waals surface area contributed by atoms with Crippen molar-refractivity contribution in [2.75, 3.05) is 6.61 Å². The molecule has 86 valence electrons. The summed E-state index contributed by atoms with van der Waals surface area (Å²) in [5.41, 5.74) is 0. The van der Waals surface area contributed by atoms with E-state index in [4.69, 9.17) is 9.47 Å². The van der Waals surface area contributed by atoms with Gasteiger partial charge in [0.25, 0.3) is 0 Å². The third-order valence-corrected chi connectivity index (χ3v) is 3.83. The molecular weight excluding hydrogens is 264 g/mol. The molecule has 0 spiro atoms. The van der Waals surface area contributed by atoms with Gasteiger partial charge in [-0.3, -0.25) is 9.59 Å². The number of halogens is 1. The van der Waals surface area contributed by atoms with Gasteiger partial charge in [0, 0.05) is 0 Å². The van der Waals surface area contributed by atoms with Crippen LogP contribution in [0.15, 0.2) is 0 Å². The zero-order valence-electron chi connectivity index (χ0n) is 9.03. The van der Waals surface area contributed by atoms with Crippen LogP contribution in [-0.2, 0) is 19.1 Å². The molecule has 1 rings (SSSR count). The lowest BCUT2D eigenvalue weighted by atomic mass is 9.85. The van der Waals surface area contributed by atoms with Gasteiger partial charge in [-0.05, 0) is 19.8 Å². The Labute approximate surface area is 97.4 Å². The van der Waals surface area contributed by atoms with E-state index in [0.717, 1.165) is 0 Å². The number of hydrogen-bond donors (Lipinski definition) is 0. The van der Waals surface area contributed by atoms with Crippen LogP contribution in [0.25, 0.3) is 0 Å². The van der Waals surface area contributed by atoms with Gasteiger partial charge in [-0.2, -0.15) is 0 Å². The SMILES string of the molecule is CCOC(=O)[C@@H]1[C@H](C)[C@H](Br)C(=O)O[C@@H]1C. The highest BCUT2D eigenvalue weighted by molar-refractivity contribution is 9.10. The molecule has 1 aliphatic rings. The second-order valence-electron chi connectivity index (χ2n) is 3.68. The van der Waals surface area contributed by atoms with E-state index in [1.54, 1.807) is 13.8 Å². The second-order valence-corrected chi connectivity index (χ2v) is 4.67. The number of cyclic esters (lactones) is 1. The van der Waals surface area contributed by atoms with Gasteiger partial charge in [-0.15, -0.1) is 0 Å². The van der Waals surface area contributed by atoms with E-state index in [1.807, 2.05) is 6.92 Å². The first-order valence-electron chi connectivity index (χ1n) is 5.00. The zero-order valence-corrected chi connectivity index (χ0v) is 10.6. The highest BCUT2D eigenvalue weighted by Crippen LogP contribution is 2.32. The maximum atomic E-state index is 11.6. The van der Waals surface area contributed by atoms with Crippen LogP contribution in [0.2, 0.25) is 0 Å². The van der Waals surface area contributed by atoms with Gasteiger partial charge in [0.05, 0.1) is 12.5 Å². The molecule has 0 N–H and O–H groups in total. The van der Waals surface area contributed by atoms with Crippen molar-refractivity contribution in [3.8, 4) is 0 Å². The zero-order chi connectivity index (χ0) is 11.6. The summed E-state index contributed by atoms with van der Waals surface area (Å²) in [6, 6.07) is 0. The largest absolute Gasteiger partial charge is 0.466 e. The quantitative estimate of drug-likeness (QED) is 0.568. The van der Waals surface area contributed by atoms with Crippen molar-refractivity contribution in [3.05, 3.63) is 0 Å². The average Bonchev–Trinajstić information content (AvgIpc) is 2.15. The molecule has 1 aliphatic heterocycles. The number of alkyl halides is 1. The molecule has 4 atom stereocenters. The van der Waals surface area contributed by atoms with Crippen LogP contribution in [0.5, 0.6) is 0 Å². The first kappa shape index (κ1) is 12.5. The highest BCUT2D eigenvalue weighted by Gasteiger charge is 2.44. The summed E-state index contributed by atoms with van der Waals surface area (Å²) in [5, 5.41) is 0. The van der Waals surface area contributed by atoms with Crippen LogP contribution in [0.3, 0.4) is 0 Å². The summed E-state index contributed by atoms with van der Waals surface area (Å²) in [4.78, 5) is 22.5. The lowest BCUT2D eigenvalue weighted by Crippen LogP contribution is -2.47. The minimum atomic E-state index is -0.428. The Morgan fingerprint density at radius 1 is 1.53 bits per heavy atom. The second kappa shape index (κ2) is 4.96. The van der Waals surface area contributed by atoms with E-state index in [1.165, 1.54) is 0 Å². The normalized spacial score (nSPS) is 35.9. The van der Waals surface area contributed by atoms with Gasteiger partial charge in [0.15, 0.2) is 0 Å². The summed E-state index contributed by atoms with van der Waals surface area (Å²) in [6.07, 6.45) is -0.416. The molecule has 5 heteroatoms. The molecule has 0 aromatic rings. The van der Waals surface area contributed by atoms with Crippen LogP contribution < -0.4 is 0 Å². The molecule has 1 fully saturated rings. The number of carbonyl (C=O) groups is 2. The first-order chi connectivity index (χ1) is 6.99. The van der Waals surface area contributed by atoms with E-state index >= 15 is 0 Å². The minimum absolute atomic E-state index is 0.111. The number of carbonyl (C=O) groups excluding carboxylic acids is 2. The molecule has 0 radical (unpaired) electrons. The molecule has 0 saturated carbocycles. The predicted octanol–water partition coefficient (Wildman–Crippen LogP) is 1.51. The molecule has 0 aromatic heterocycles. The molecule has 1 heterocycles. The van der Waals surface area contributed by atoms with E-state index < -0.39 is 10.9 Å². The van der Waals surface area contributed by atoms with E-state index in [2.05, 4.69) is 15.9 Å². The maximum Gasteiger partial charge on any atom is 0.320 e. The minimum Gasteiger partial charge on any atom is -0.466 e. The Morgan fingerprint density at radius 2 is 2.13 bits per heavy atom. The molecule has 1 saturated heterocycles. The molecule has 0 bridgehead atoms. The maximum absolute atomic E-state index is 11.6. The Morgan fingerprint density at radius 3 is 2.67 bits per heavy atom. The fourth-order valence-corrected chi connectivity index (χ4v) is 2.23. The van der Waals surface area contributed by atoms with E-state index in [0.29, 0.717) is 6.61 Å². The lowest BCUT2D eigenvalue weighted by molar-refractivity contribution is -0.171. The molecule has 0 aromatic carbocycles. The van der Waals surface area contributed by atoms with Crippen molar-refractivity contribution < 1.29 is 19.1 Å². The smallest absolute Gasteiger partial charge is 0.320 e. The van der Waals surface area contributed by atoms with E-state index in [-0.39, 0.29) is 23.8 Å². The van der Waals surface area contributed by atoms with Crippen molar-refractivity contribution in [3.63, 3.8) is 0 Å². The van der Waals surface area contributed by atoms with Crippen molar-refractivity contribution in [1.29, 1.82) is 0 Å². The van der Waals surface area contributed by atoms with Gasteiger partial charge < -0.3 is 9.47 Å². The monoisotopic (exact) mass is 278 g/mol. The lowest BCUT2D eigenvalue weighted by Gasteiger charge is -2.34. The molecule has 15 heavy (non-hydrogen) atoms. The topological polar surface area (TPSA) is 52.6 Å². The summed E-state index contributed by atoms with van der Waals surface area (Å²) < 4.78 is 10.0. The number of esters is 2. The predicted molar refractivity (Wildman–Crippen MR) is 57.6 cm³/mol. The molecular formula is C10H15BrO4. The molecule has 4 nitrogen and oxygen atoms in total.